The number of hydrogen-bond acceptors (Lipinski definition) is 3. The molecule has 9 heteroatoms. The van der Waals surface area contributed by atoms with E-state index in [9.17, 15) is 14.4 Å². The molecule has 0 bridgehead atoms. The van der Waals surface area contributed by atoms with Crippen molar-refractivity contribution in [2.45, 2.75) is 13.0 Å². The average molecular weight is 357 g/mol. The number of halogens is 4. The summed E-state index contributed by atoms with van der Waals surface area (Å²) in [6, 6.07) is -1.37. The third-order valence-corrected chi connectivity index (χ3v) is 4.68. The van der Waals surface area contributed by atoms with Gasteiger partial charge in [0.1, 0.15) is 6.04 Å². The van der Waals surface area contributed by atoms with Crippen molar-refractivity contribution in [1.29, 1.82) is 0 Å². The summed E-state index contributed by atoms with van der Waals surface area (Å²) in [4.78, 5) is 35.9. The number of carboxylic acids is 1. The van der Waals surface area contributed by atoms with Gasteiger partial charge in [-0.1, -0.05) is 46.4 Å². The first kappa shape index (κ1) is 15.4. The summed E-state index contributed by atoms with van der Waals surface area (Å²) in [5, 5.41) is 8.16. The summed E-state index contributed by atoms with van der Waals surface area (Å²) in [5.41, 5.74) is -0.465. The van der Waals surface area contributed by atoms with Crippen LogP contribution in [-0.4, -0.2) is 33.8 Å². The van der Waals surface area contributed by atoms with Gasteiger partial charge in [0.25, 0.3) is 11.8 Å². The maximum atomic E-state index is 12.2. The van der Waals surface area contributed by atoms with Gasteiger partial charge < -0.3 is 5.11 Å². The van der Waals surface area contributed by atoms with Crippen LogP contribution in [0.1, 0.15) is 27.6 Å². The smallest absolute Gasteiger partial charge is 0.326 e. The highest BCUT2D eigenvalue weighted by Crippen LogP contribution is 2.45. The van der Waals surface area contributed by atoms with E-state index < -0.39 is 23.8 Å². The van der Waals surface area contributed by atoms with E-state index in [1.165, 1.54) is 6.92 Å². The summed E-state index contributed by atoms with van der Waals surface area (Å²) in [6.45, 7) is 1.19. The van der Waals surface area contributed by atoms with Gasteiger partial charge in [0.05, 0.1) is 31.2 Å². The fourth-order valence-electron chi connectivity index (χ4n) is 1.83. The van der Waals surface area contributed by atoms with Gasteiger partial charge in [-0.15, -0.1) is 0 Å². The van der Waals surface area contributed by atoms with Gasteiger partial charge in [-0.25, -0.2) is 4.79 Å². The topological polar surface area (TPSA) is 74.7 Å². The van der Waals surface area contributed by atoms with E-state index in [-0.39, 0.29) is 31.2 Å². The summed E-state index contributed by atoms with van der Waals surface area (Å²) in [7, 11) is 0. The largest absolute Gasteiger partial charge is 0.480 e. The van der Waals surface area contributed by atoms with Crippen molar-refractivity contribution in [3.8, 4) is 0 Å². The Morgan fingerprint density at radius 1 is 0.950 bits per heavy atom. The molecule has 0 saturated carbocycles. The van der Waals surface area contributed by atoms with E-state index in [1.807, 2.05) is 0 Å². The highest BCUT2D eigenvalue weighted by Gasteiger charge is 2.45. The molecule has 0 saturated heterocycles. The summed E-state index contributed by atoms with van der Waals surface area (Å²) < 4.78 is 0. The van der Waals surface area contributed by atoms with Crippen molar-refractivity contribution < 1.29 is 19.5 Å². The number of rotatable bonds is 2. The van der Waals surface area contributed by atoms with E-state index >= 15 is 0 Å². The molecule has 0 spiro atoms. The first-order chi connectivity index (χ1) is 9.20. The van der Waals surface area contributed by atoms with Gasteiger partial charge >= 0.3 is 5.97 Å². The first-order valence-electron chi connectivity index (χ1n) is 5.16. The van der Waals surface area contributed by atoms with E-state index in [0.717, 1.165) is 0 Å². The number of benzene rings is 1. The lowest BCUT2D eigenvalue weighted by atomic mass is 10.1. The van der Waals surface area contributed by atoms with Crippen LogP contribution in [0.2, 0.25) is 20.1 Å². The third-order valence-electron chi connectivity index (χ3n) is 2.88. The maximum absolute atomic E-state index is 12.2. The quantitative estimate of drug-likeness (QED) is 0.500. The lowest BCUT2D eigenvalue weighted by molar-refractivity contribution is -0.140. The highest BCUT2D eigenvalue weighted by molar-refractivity contribution is 6.55. The number of amides is 2. The number of fused-ring (bicyclic) bond motifs is 1. The van der Waals surface area contributed by atoms with Crippen LogP contribution in [-0.2, 0) is 4.79 Å². The molecule has 1 aromatic rings. The number of carbonyl (C=O) groups excluding carboxylic acids is 2. The molecule has 1 N–H and O–H groups in total. The fourth-order valence-corrected chi connectivity index (χ4v) is 2.84. The molecule has 1 atom stereocenters. The molecule has 1 aromatic carbocycles. The number of imide groups is 1. The van der Waals surface area contributed by atoms with Crippen LogP contribution in [0.25, 0.3) is 0 Å². The second kappa shape index (κ2) is 5.07. The summed E-state index contributed by atoms with van der Waals surface area (Å²) >= 11 is 23.5. The molecule has 5 nitrogen and oxygen atoms in total. The first-order valence-corrected chi connectivity index (χ1v) is 6.68. The van der Waals surface area contributed by atoms with Crippen LogP contribution in [0.3, 0.4) is 0 Å². The van der Waals surface area contributed by atoms with E-state index in [2.05, 4.69) is 0 Å². The predicted octanol–water partition coefficient (Wildman–Crippen LogP) is 3.37. The van der Waals surface area contributed by atoms with Crippen molar-refractivity contribution in [1.82, 2.24) is 4.90 Å². The van der Waals surface area contributed by atoms with E-state index in [1.54, 1.807) is 0 Å². The van der Waals surface area contributed by atoms with E-state index in [0.29, 0.717) is 4.90 Å². The minimum Gasteiger partial charge on any atom is -0.480 e. The minimum absolute atomic E-state index is 0.164. The highest BCUT2D eigenvalue weighted by atomic mass is 35.5. The number of nitrogens with zero attached hydrogens (tertiary/aromatic N) is 1. The number of hydrogen-bond donors (Lipinski definition) is 1. The zero-order valence-corrected chi connectivity index (χ0v) is 12.7. The van der Waals surface area contributed by atoms with Crippen molar-refractivity contribution in [2.24, 2.45) is 0 Å². The molecular formula is C11H5Cl4NO4. The van der Waals surface area contributed by atoms with Gasteiger partial charge in [-0.3, -0.25) is 14.5 Å². The molecule has 1 heterocycles. The molecule has 20 heavy (non-hydrogen) atoms. The van der Waals surface area contributed by atoms with Crippen LogP contribution in [0, 0.1) is 0 Å². The lowest BCUT2D eigenvalue weighted by Gasteiger charge is -2.18. The zero-order valence-electron chi connectivity index (χ0n) is 9.71. The standard InChI is InChI=1S/C11H5Cl4NO4/c1-2(11(19)20)16-9(17)3-4(10(16)18)6(13)8(15)7(14)5(3)12/h2H,1H3,(H,19,20)/t2-/m0/s1. The fraction of sp³-hybridized carbons (Fsp3) is 0.182. The average Bonchev–Trinajstić information content (AvgIpc) is 2.64. The normalized spacial score (nSPS) is 15.6. The molecule has 0 fully saturated rings. The maximum Gasteiger partial charge on any atom is 0.326 e. The van der Waals surface area contributed by atoms with Crippen LogP contribution in [0.5, 0.6) is 0 Å². The number of carboxylic acid groups (broad SMARTS) is 1. The van der Waals surface area contributed by atoms with Gasteiger partial charge in [0.15, 0.2) is 0 Å². The summed E-state index contributed by atoms with van der Waals surface area (Å²) in [6.07, 6.45) is 0. The molecule has 0 aliphatic carbocycles. The molecule has 106 valence electrons. The Labute approximate surface area is 133 Å². The lowest BCUT2D eigenvalue weighted by Crippen LogP contribution is -2.42. The zero-order chi connectivity index (χ0) is 15.4. The van der Waals surface area contributed by atoms with E-state index in [4.69, 9.17) is 51.5 Å². The Bertz CT molecular complexity index is 626. The molecule has 2 amide bonds. The Morgan fingerprint density at radius 2 is 1.30 bits per heavy atom. The van der Waals surface area contributed by atoms with Gasteiger partial charge in [-0.2, -0.15) is 0 Å². The van der Waals surface area contributed by atoms with Crippen molar-refractivity contribution in [3.05, 3.63) is 31.2 Å². The SMILES string of the molecule is C[C@@H](C(=O)O)N1C(=O)c2c(Cl)c(Cl)c(Cl)c(Cl)c2C1=O. The molecule has 0 radical (unpaired) electrons. The molecule has 1 aliphatic heterocycles. The predicted molar refractivity (Wildman–Crippen MR) is 74.1 cm³/mol. The number of carbonyl (C=O) groups is 3. The Kier molecular flexibility index (Phi) is 3.90. The van der Waals surface area contributed by atoms with Crippen LogP contribution in [0.4, 0.5) is 0 Å². The monoisotopic (exact) mass is 355 g/mol. The van der Waals surface area contributed by atoms with Gasteiger partial charge in [0, 0.05) is 0 Å². The second-order valence-corrected chi connectivity index (χ2v) is 5.51. The third kappa shape index (κ3) is 1.97. The Balaban J connectivity index is 2.73. The van der Waals surface area contributed by atoms with Crippen molar-refractivity contribution >= 4 is 64.2 Å². The summed E-state index contributed by atoms with van der Waals surface area (Å²) in [5.74, 6) is -3.08. The Morgan fingerprint density at radius 3 is 1.60 bits per heavy atom. The molecule has 0 aromatic heterocycles. The Hall–Kier alpha value is -1.01. The van der Waals surface area contributed by atoms with Crippen LogP contribution < -0.4 is 0 Å². The second-order valence-electron chi connectivity index (χ2n) is 4.00. The molecule has 0 unspecified atom stereocenters. The van der Waals surface area contributed by atoms with Gasteiger partial charge in [0.2, 0.25) is 0 Å². The molecule has 1 aliphatic rings. The van der Waals surface area contributed by atoms with Crippen LogP contribution >= 0.6 is 46.4 Å². The number of aliphatic carboxylic acids is 1. The van der Waals surface area contributed by atoms with Crippen molar-refractivity contribution in [3.63, 3.8) is 0 Å². The van der Waals surface area contributed by atoms with Gasteiger partial charge in [-0.05, 0) is 6.92 Å². The minimum atomic E-state index is -1.37. The molecule has 2 rings (SSSR count). The van der Waals surface area contributed by atoms with Crippen LogP contribution in [0.15, 0.2) is 0 Å². The molecular weight excluding hydrogens is 352 g/mol. The van der Waals surface area contributed by atoms with Crippen molar-refractivity contribution in [2.75, 3.05) is 0 Å².